The van der Waals surface area contributed by atoms with Crippen molar-refractivity contribution < 1.29 is 24.4 Å². The molecule has 0 spiro atoms. The van der Waals surface area contributed by atoms with Crippen LogP contribution in [0.5, 0.6) is 0 Å². The molecule has 0 aromatic heterocycles. The fraction of sp³-hybridized carbons (Fsp3) is 0.308. The highest BCUT2D eigenvalue weighted by molar-refractivity contribution is 7.99. The molecule has 6 heteroatoms. The largest absolute Gasteiger partial charge is 0.394 e. The van der Waals surface area contributed by atoms with E-state index in [0.717, 1.165) is 16.0 Å². The average molecular weight is 453 g/mol. The molecule has 4 rings (SSSR count). The van der Waals surface area contributed by atoms with E-state index in [2.05, 4.69) is 0 Å². The van der Waals surface area contributed by atoms with Crippen molar-refractivity contribution in [2.75, 3.05) is 6.61 Å². The Hall–Kier alpha value is -2.19. The van der Waals surface area contributed by atoms with Crippen molar-refractivity contribution in [1.29, 1.82) is 0 Å². The summed E-state index contributed by atoms with van der Waals surface area (Å²) in [6.07, 6.45) is -2.97. The summed E-state index contributed by atoms with van der Waals surface area (Å²) in [5.41, 5.74) is 1.50. The SMILES string of the molecule is OC[C@H]1O[C@@H](Sc2ccccc2)[C@H](OCc2ccccc2)[C@@H](O)[C@H]1OCc1ccccc1. The molecule has 5 atom stereocenters. The third-order valence-electron chi connectivity index (χ3n) is 5.36. The van der Waals surface area contributed by atoms with Crippen LogP contribution < -0.4 is 0 Å². The lowest BCUT2D eigenvalue weighted by Gasteiger charge is -2.43. The number of thioether (sulfide) groups is 1. The third-order valence-corrected chi connectivity index (χ3v) is 6.52. The second kappa shape index (κ2) is 11.6. The molecular weight excluding hydrogens is 424 g/mol. The molecule has 5 nitrogen and oxygen atoms in total. The molecule has 0 radical (unpaired) electrons. The fourth-order valence-electron chi connectivity index (χ4n) is 3.69. The van der Waals surface area contributed by atoms with E-state index in [1.54, 1.807) is 0 Å². The highest BCUT2D eigenvalue weighted by Gasteiger charge is 2.46. The van der Waals surface area contributed by atoms with E-state index < -0.39 is 29.9 Å². The van der Waals surface area contributed by atoms with Gasteiger partial charge in [-0.3, -0.25) is 0 Å². The molecule has 1 heterocycles. The van der Waals surface area contributed by atoms with Crippen LogP contribution in [0.15, 0.2) is 95.9 Å². The fourth-order valence-corrected chi connectivity index (χ4v) is 4.84. The van der Waals surface area contributed by atoms with Crippen molar-refractivity contribution in [2.45, 2.75) is 48.0 Å². The van der Waals surface area contributed by atoms with Crippen LogP contribution in [0.1, 0.15) is 11.1 Å². The molecule has 1 aliphatic heterocycles. The summed E-state index contributed by atoms with van der Waals surface area (Å²) in [6, 6.07) is 29.4. The molecule has 0 unspecified atom stereocenters. The standard InChI is InChI=1S/C26H28O5S/c27-16-22-24(29-17-19-10-4-1-5-11-19)23(28)25(30-18-20-12-6-2-7-13-20)26(31-22)32-21-14-8-3-9-15-21/h1-15,22-28H,16-18H2/t22-,23+,24+,25-,26+/m1/s1. The molecule has 1 saturated heterocycles. The Labute approximate surface area is 193 Å². The number of rotatable bonds is 9. The first kappa shape index (κ1) is 23.0. The molecule has 32 heavy (non-hydrogen) atoms. The molecule has 168 valence electrons. The first-order valence-electron chi connectivity index (χ1n) is 10.7. The summed E-state index contributed by atoms with van der Waals surface area (Å²) < 4.78 is 18.4. The van der Waals surface area contributed by atoms with Crippen molar-refractivity contribution in [3.05, 3.63) is 102 Å². The molecular formula is C26H28O5S. The molecule has 1 fully saturated rings. The summed E-state index contributed by atoms with van der Waals surface area (Å²) in [6.45, 7) is 0.394. The molecule has 0 amide bonds. The van der Waals surface area contributed by atoms with Gasteiger partial charge in [0.1, 0.15) is 29.9 Å². The maximum atomic E-state index is 11.3. The van der Waals surface area contributed by atoms with Crippen LogP contribution in [-0.4, -0.2) is 46.7 Å². The number of benzene rings is 3. The van der Waals surface area contributed by atoms with Gasteiger partial charge in [0.2, 0.25) is 0 Å². The molecule has 3 aromatic carbocycles. The van der Waals surface area contributed by atoms with Gasteiger partial charge in [-0.15, -0.1) is 0 Å². The summed E-state index contributed by atoms with van der Waals surface area (Å²) in [4.78, 5) is 0.998. The van der Waals surface area contributed by atoms with Gasteiger partial charge >= 0.3 is 0 Å². The van der Waals surface area contributed by atoms with E-state index in [1.807, 2.05) is 91.0 Å². The Bertz CT molecular complexity index is 925. The summed E-state index contributed by atoms with van der Waals surface area (Å²) in [7, 11) is 0. The van der Waals surface area contributed by atoms with Gasteiger partial charge < -0.3 is 24.4 Å². The van der Waals surface area contributed by atoms with Gasteiger partial charge in [-0.25, -0.2) is 0 Å². The number of aliphatic hydroxyl groups excluding tert-OH is 2. The van der Waals surface area contributed by atoms with E-state index in [0.29, 0.717) is 13.2 Å². The Morgan fingerprint density at radius 2 is 1.22 bits per heavy atom. The zero-order chi connectivity index (χ0) is 22.2. The van der Waals surface area contributed by atoms with Crippen molar-refractivity contribution in [2.24, 2.45) is 0 Å². The van der Waals surface area contributed by atoms with Crippen molar-refractivity contribution >= 4 is 11.8 Å². The monoisotopic (exact) mass is 452 g/mol. The maximum Gasteiger partial charge on any atom is 0.137 e. The zero-order valence-electron chi connectivity index (χ0n) is 17.7. The first-order valence-corrected chi connectivity index (χ1v) is 11.6. The van der Waals surface area contributed by atoms with Gasteiger partial charge in [0.25, 0.3) is 0 Å². The molecule has 3 aromatic rings. The number of hydrogen-bond donors (Lipinski definition) is 2. The predicted octanol–water partition coefficient (Wildman–Crippen LogP) is 4.03. The minimum atomic E-state index is -0.963. The maximum absolute atomic E-state index is 11.3. The Morgan fingerprint density at radius 3 is 1.75 bits per heavy atom. The number of hydrogen-bond acceptors (Lipinski definition) is 6. The summed E-state index contributed by atoms with van der Waals surface area (Å²) >= 11 is 1.47. The van der Waals surface area contributed by atoms with Crippen LogP contribution in [0.3, 0.4) is 0 Å². The topological polar surface area (TPSA) is 68.2 Å². The van der Waals surface area contributed by atoms with E-state index in [1.165, 1.54) is 11.8 Å². The van der Waals surface area contributed by atoms with Gasteiger partial charge in [-0.05, 0) is 23.3 Å². The lowest BCUT2D eigenvalue weighted by Crippen LogP contribution is -2.59. The van der Waals surface area contributed by atoms with Gasteiger partial charge in [0.15, 0.2) is 0 Å². The summed E-state index contributed by atoms with van der Waals surface area (Å²) in [5.74, 6) is 0. The van der Waals surface area contributed by atoms with E-state index >= 15 is 0 Å². The molecule has 1 aliphatic rings. The highest BCUT2D eigenvalue weighted by Crippen LogP contribution is 2.36. The smallest absolute Gasteiger partial charge is 0.137 e. The Balaban J connectivity index is 1.51. The Morgan fingerprint density at radius 1 is 0.719 bits per heavy atom. The van der Waals surface area contributed by atoms with Gasteiger partial charge in [0, 0.05) is 4.90 Å². The van der Waals surface area contributed by atoms with Crippen molar-refractivity contribution in [3.63, 3.8) is 0 Å². The molecule has 0 saturated carbocycles. The number of ether oxygens (including phenoxy) is 3. The lowest BCUT2D eigenvalue weighted by atomic mass is 9.99. The lowest BCUT2D eigenvalue weighted by molar-refractivity contribution is -0.237. The molecule has 2 N–H and O–H groups in total. The van der Waals surface area contributed by atoms with Crippen LogP contribution in [0.25, 0.3) is 0 Å². The van der Waals surface area contributed by atoms with Crippen LogP contribution in [0, 0.1) is 0 Å². The van der Waals surface area contributed by atoms with E-state index in [9.17, 15) is 10.2 Å². The quantitative estimate of drug-likeness (QED) is 0.511. The first-order chi connectivity index (χ1) is 15.7. The molecule has 0 aliphatic carbocycles. The van der Waals surface area contributed by atoms with E-state index in [-0.39, 0.29) is 6.61 Å². The Kier molecular flexibility index (Phi) is 8.34. The van der Waals surface area contributed by atoms with Crippen molar-refractivity contribution in [3.8, 4) is 0 Å². The normalized spacial score (nSPS) is 25.5. The van der Waals surface area contributed by atoms with Gasteiger partial charge in [-0.1, -0.05) is 90.6 Å². The van der Waals surface area contributed by atoms with Crippen LogP contribution in [0.4, 0.5) is 0 Å². The predicted molar refractivity (Wildman–Crippen MR) is 124 cm³/mol. The van der Waals surface area contributed by atoms with Crippen LogP contribution in [-0.2, 0) is 27.4 Å². The number of aliphatic hydroxyl groups is 2. The second-order valence-electron chi connectivity index (χ2n) is 7.67. The minimum absolute atomic E-state index is 0.256. The van der Waals surface area contributed by atoms with Crippen LogP contribution in [0.2, 0.25) is 0 Å². The second-order valence-corrected chi connectivity index (χ2v) is 8.84. The minimum Gasteiger partial charge on any atom is -0.394 e. The third kappa shape index (κ3) is 5.98. The molecule has 0 bridgehead atoms. The highest BCUT2D eigenvalue weighted by atomic mass is 32.2. The zero-order valence-corrected chi connectivity index (χ0v) is 18.5. The van der Waals surface area contributed by atoms with Crippen molar-refractivity contribution in [1.82, 2.24) is 0 Å². The van der Waals surface area contributed by atoms with Crippen LogP contribution >= 0.6 is 11.8 Å². The summed E-state index contributed by atoms with van der Waals surface area (Å²) in [5, 5.41) is 21.3. The average Bonchev–Trinajstić information content (AvgIpc) is 2.85. The van der Waals surface area contributed by atoms with Gasteiger partial charge in [-0.2, -0.15) is 0 Å². The van der Waals surface area contributed by atoms with E-state index in [4.69, 9.17) is 14.2 Å². The van der Waals surface area contributed by atoms with Gasteiger partial charge in [0.05, 0.1) is 19.8 Å².